The van der Waals surface area contributed by atoms with Crippen LogP contribution in [0.3, 0.4) is 0 Å². The van der Waals surface area contributed by atoms with Crippen molar-refractivity contribution in [2.75, 3.05) is 0 Å². The van der Waals surface area contributed by atoms with Crippen molar-refractivity contribution in [2.24, 2.45) is 0 Å². The zero-order chi connectivity index (χ0) is 14.5. The van der Waals surface area contributed by atoms with E-state index in [9.17, 15) is 0 Å². The summed E-state index contributed by atoms with van der Waals surface area (Å²) in [6.07, 6.45) is 0. The van der Waals surface area contributed by atoms with Crippen LogP contribution < -0.4 is 4.74 Å². The van der Waals surface area contributed by atoms with E-state index in [1.54, 1.807) is 0 Å². The lowest BCUT2D eigenvalue weighted by Crippen LogP contribution is -1.99. The zero-order valence-corrected chi connectivity index (χ0v) is 14.2. The van der Waals surface area contributed by atoms with E-state index in [1.165, 1.54) is 0 Å². The van der Waals surface area contributed by atoms with Gasteiger partial charge in [0.1, 0.15) is 12.4 Å². The number of nitriles is 1. The van der Waals surface area contributed by atoms with Gasteiger partial charge in [0.05, 0.1) is 11.6 Å². The molecule has 2 aromatic rings. The van der Waals surface area contributed by atoms with Crippen LogP contribution in [-0.2, 0) is 11.9 Å². The Bertz CT molecular complexity index is 662. The van der Waals surface area contributed by atoms with E-state index >= 15 is 0 Å². The minimum absolute atomic E-state index is 0.501. The van der Waals surface area contributed by atoms with Gasteiger partial charge in [-0.2, -0.15) is 5.26 Å². The number of halogens is 2. The topological polar surface area (TPSA) is 33.0 Å². The lowest BCUT2D eigenvalue weighted by atomic mass is 10.1. The van der Waals surface area contributed by atoms with Gasteiger partial charge in [0, 0.05) is 9.80 Å². The van der Waals surface area contributed by atoms with E-state index in [2.05, 4.69) is 37.9 Å². The van der Waals surface area contributed by atoms with Crippen molar-refractivity contribution in [2.45, 2.75) is 18.9 Å². The smallest absolute Gasteiger partial charge is 0.120 e. The van der Waals surface area contributed by atoms with Gasteiger partial charge in [-0.1, -0.05) is 37.9 Å². The van der Waals surface area contributed by atoms with E-state index in [1.807, 2.05) is 43.3 Å². The molecule has 102 valence electrons. The third-order valence-corrected chi connectivity index (χ3v) is 4.40. The van der Waals surface area contributed by atoms with Gasteiger partial charge in [0.2, 0.25) is 0 Å². The van der Waals surface area contributed by atoms with Crippen LogP contribution in [-0.4, -0.2) is 0 Å². The molecule has 4 heteroatoms. The first-order chi connectivity index (χ1) is 9.63. The molecule has 0 aliphatic rings. The van der Waals surface area contributed by atoms with E-state index in [0.717, 1.165) is 32.2 Å². The van der Waals surface area contributed by atoms with Gasteiger partial charge in [-0.15, -0.1) is 0 Å². The predicted molar refractivity (Wildman–Crippen MR) is 87.0 cm³/mol. The summed E-state index contributed by atoms with van der Waals surface area (Å²) in [5, 5.41) is 9.63. The molecule has 0 fully saturated rings. The average Bonchev–Trinajstić information content (AvgIpc) is 2.47. The third kappa shape index (κ3) is 3.62. The van der Waals surface area contributed by atoms with Gasteiger partial charge in [0.25, 0.3) is 0 Å². The van der Waals surface area contributed by atoms with Crippen LogP contribution >= 0.6 is 31.9 Å². The molecule has 0 bridgehead atoms. The van der Waals surface area contributed by atoms with Crippen molar-refractivity contribution in [1.29, 1.82) is 5.26 Å². The summed E-state index contributed by atoms with van der Waals surface area (Å²) in [4.78, 5) is 0. The normalized spacial score (nSPS) is 10.1. The Balaban J connectivity index is 2.11. The van der Waals surface area contributed by atoms with E-state index < -0.39 is 0 Å². The number of benzene rings is 2. The maximum atomic E-state index is 8.85. The highest BCUT2D eigenvalue weighted by atomic mass is 79.9. The molecule has 0 atom stereocenters. The highest BCUT2D eigenvalue weighted by Crippen LogP contribution is 2.25. The third-order valence-electron chi connectivity index (χ3n) is 3.03. The van der Waals surface area contributed by atoms with E-state index in [0.29, 0.717) is 12.2 Å². The molecule has 0 spiro atoms. The summed E-state index contributed by atoms with van der Waals surface area (Å²) >= 11 is 6.95. The highest BCUT2D eigenvalue weighted by Gasteiger charge is 2.04. The van der Waals surface area contributed by atoms with Crippen molar-refractivity contribution >= 4 is 31.9 Å². The first-order valence-corrected chi connectivity index (χ1v) is 8.02. The molecule has 0 aromatic heterocycles. The second-order valence-electron chi connectivity index (χ2n) is 4.43. The molecule has 0 amide bonds. The summed E-state index contributed by atoms with van der Waals surface area (Å²) in [5.41, 5.74) is 3.99. The number of ether oxygens (including phenoxy) is 1. The van der Waals surface area contributed by atoms with Crippen LogP contribution in [0.4, 0.5) is 0 Å². The van der Waals surface area contributed by atoms with Crippen molar-refractivity contribution in [3.63, 3.8) is 0 Å². The average molecular weight is 395 g/mol. The largest absolute Gasteiger partial charge is 0.489 e. The summed E-state index contributed by atoms with van der Waals surface area (Å²) in [5.74, 6) is 0.839. The fourth-order valence-electron chi connectivity index (χ4n) is 1.83. The van der Waals surface area contributed by atoms with Crippen molar-refractivity contribution in [3.8, 4) is 11.8 Å². The predicted octanol–water partition coefficient (Wildman–Crippen LogP) is 5.10. The first kappa shape index (κ1) is 15.1. The molecular formula is C16H13Br2NO. The van der Waals surface area contributed by atoms with Crippen molar-refractivity contribution < 1.29 is 4.74 Å². The van der Waals surface area contributed by atoms with Crippen LogP contribution in [0.15, 0.2) is 40.9 Å². The molecule has 0 saturated carbocycles. The van der Waals surface area contributed by atoms with Crippen LogP contribution in [0.1, 0.15) is 22.3 Å². The summed E-state index contributed by atoms with van der Waals surface area (Å²) in [7, 11) is 0. The Labute approximate surface area is 135 Å². The highest BCUT2D eigenvalue weighted by molar-refractivity contribution is 9.10. The fraction of sp³-hybridized carbons (Fsp3) is 0.188. The number of aryl methyl sites for hydroxylation is 1. The second kappa shape index (κ2) is 6.92. The van der Waals surface area contributed by atoms with Gasteiger partial charge in [-0.05, 0) is 53.9 Å². The quantitative estimate of drug-likeness (QED) is 0.675. The molecule has 0 saturated heterocycles. The van der Waals surface area contributed by atoms with Crippen LogP contribution in [0.25, 0.3) is 0 Å². The summed E-state index contributed by atoms with van der Waals surface area (Å²) in [6.45, 7) is 2.49. The maximum absolute atomic E-state index is 8.85. The van der Waals surface area contributed by atoms with Gasteiger partial charge in [0.15, 0.2) is 0 Å². The second-order valence-corrected chi connectivity index (χ2v) is 5.84. The molecule has 0 unspecified atom stereocenters. The molecular weight excluding hydrogens is 382 g/mol. The Morgan fingerprint density at radius 2 is 1.95 bits per heavy atom. The monoisotopic (exact) mass is 393 g/mol. The maximum Gasteiger partial charge on any atom is 0.120 e. The van der Waals surface area contributed by atoms with Crippen LogP contribution in [0.5, 0.6) is 5.75 Å². The summed E-state index contributed by atoms with van der Waals surface area (Å²) < 4.78 is 6.89. The molecule has 0 aliphatic carbocycles. The zero-order valence-electron chi connectivity index (χ0n) is 11.0. The number of hydrogen-bond donors (Lipinski definition) is 0. The molecule has 20 heavy (non-hydrogen) atoms. The van der Waals surface area contributed by atoms with Gasteiger partial charge in [-0.25, -0.2) is 0 Å². The minimum atomic E-state index is 0.501. The lowest BCUT2D eigenvalue weighted by molar-refractivity contribution is 0.305. The molecule has 0 aliphatic heterocycles. The van der Waals surface area contributed by atoms with Crippen LogP contribution in [0, 0.1) is 18.3 Å². The Morgan fingerprint density at radius 3 is 2.60 bits per heavy atom. The fourth-order valence-corrected chi connectivity index (χ4v) is 3.06. The molecule has 0 heterocycles. The SMILES string of the molecule is Cc1cc(C#N)ccc1COc1ccc(Br)c(CBr)c1. The number of nitrogens with zero attached hydrogens (tertiary/aromatic N) is 1. The number of rotatable bonds is 4. The molecule has 2 rings (SSSR count). The minimum Gasteiger partial charge on any atom is -0.489 e. The van der Waals surface area contributed by atoms with Gasteiger partial charge in [-0.3, -0.25) is 0 Å². The number of hydrogen-bond acceptors (Lipinski definition) is 2. The lowest BCUT2D eigenvalue weighted by Gasteiger charge is -2.10. The van der Waals surface area contributed by atoms with Gasteiger partial charge >= 0.3 is 0 Å². The summed E-state index contributed by atoms with van der Waals surface area (Å²) in [6, 6.07) is 13.7. The van der Waals surface area contributed by atoms with E-state index in [4.69, 9.17) is 10.00 Å². The Hall–Kier alpha value is -1.31. The first-order valence-electron chi connectivity index (χ1n) is 6.11. The Morgan fingerprint density at radius 1 is 1.15 bits per heavy atom. The number of alkyl halides is 1. The van der Waals surface area contributed by atoms with E-state index in [-0.39, 0.29) is 0 Å². The van der Waals surface area contributed by atoms with Crippen molar-refractivity contribution in [1.82, 2.24) is 0 Å². The molecule has 2 nitrogen and oxygen atoms in total. The molecule has 0 radical (unpaired) electrons. The van der Waals surface area contributed by atoms with Crippen LogP contribution in [0.2, 0.25) is 0 Å². The Kier molecular flexibility index (Phi) is 5.22. The molecule has 0 N–H and O–H groups in total. The standard InChI is InChI=1S/C16H13Br2NO/c1-11-6-12(9-19)2-3-13(11)10-20-15-4-5-16(18)14(7-15)8-17/h2-7H,8,10H2,1H3. The van der Waals surface area contributed by atoms with Gasteiger partial charge < -0.3 is 4.74 Å². The molecule has 2 aromatic carbocycles. The van der Waals surface area contributed by atoms with Crippen molar-refractivity contribution in [3.05, 3.63) is 63.1 Å².